The van der Waals surface area contributed by atoms with Crippen molar-refractivity contribution >= 4 is 21.5 Å². The Hall–Kier alpha value is -2.87. The number of fused-ring (bicyclic) bond motifs is 2. The lowest BCUT2D eigenvalue weighted by Gasteiger charge is -2.12. The quantitative estimate of drug-likeness (QED) is 0.424. The summed E-state index contributed by atoms with van der Waals surface area (Å²) in [4.78, 5) is 4.80. The van der Waals surface area contributed by atoms with E-state index in [9.17, 15) is 0 Å². The number of hydrogen-bond donors (Lipinski definition) is 0. The Kier molecular flexibility index (Phi) is 3.69. The molecule has 0 spiro atoms. The minimum absolute atomic E-state index is 0.200. The Morgan fingerprint density at radius 3 is 2.16 bits per heavy atom. The Morgan fingerprint density at radius 1 is 0.720 bits per heavy atom. The molecular formula is C23H21NO. The normalized spacial score (nSPS) is 12.8. The average Bonchev–Trinajstić information content (AvgIpc) is 2.60. The lowest BCUT2D eigenvalue weighted by molar-refractivity contribution is 0.466. The molecule has 0 bridgehead atoms. The molecule has 0 fully saturated rings. The summed E-state index contributed by atoms with van der Waals surface area (Å²) >= 11 is 0. The van der Waals surface area contributed by atoms with Gasteiger partial charge in [0, 0.05) is 10.9 Å². The van der Waals surface area contributed by atoms with E-state index in [2.05, 4.69) is 81.4 Å². The number of benzene rings is 3. The smallest absolute Gasteiger partial charge is 0.223 e. The van der Waals surface area contributed by atoms with Crippen LogP contribution in [0.2, 0.25) is 0 Å². The molecule has 1 aromatic heterocycles. The summed E-state index contributed by atoms with van der Waals surface area (Å²) in [6.07, 6.45) is 0. The molecule has 0 aliphatic heterocycles. The molecule has 0 saturated carbocycles. The van der Waals surface area contributed by atoms with Crippen molar-refractivity contribution in [3.63, 3.8) is 0 Å². The molecule has 0 amide bonds. The van der Waals surface area contributed by atoms with Crippen LogP contribution in [-0.2, 0) is 0 Å². The van der Waals surface area contributed by atoms with Crippen LogP contribution in [-0.4, -0.2) is 5.54 Å². The molecule has 0 radical (unpaired) electrons. The van der Waals surface area contributed by atoms with E-state index in [4.69, 9.17) is 9.41 Å². The first-order chi connectivity index (χ1) is 12.0. The first kappa shape index (κ1) is 15.6. The Bertz CT molecular complexity index is 1130. The van der Waals surface area contributed by atoms with Crippen molar-refractivity contribution < 1.29 is 4.42 Å². The van der Waals surface area contributed by atoms with Crippen molar-refractivity contribution in [2.45, 2.75) is 26.3 Å². The number of hydrogen-bond acceptors (Lipinski definition) is 2. The molecule has 0 saturated heterocycles. The van der Waals surface area contributed by atoms with Crippen LogP contribution >= 0.6 is 0 Å². The van der Waals surface area contributed by atoms with E-state index in [0.717, 1.165) is 22.1 Å². The van der Waals surface area contributed by atoms with E-state index in [-0.39, 0.29) is 5.54 Å². The molecule has 0 aliphatic carbocycles. The second-order valence-corrected chi connectivity index (χ2v) is 7.35. The van der Waals surface area contributed by atoms with Gasteiger partial charge in [0.05, 0.1) is 5.54 Å². The van der Waals surface area contributed by atoms with Gasteiger partial charge in [0.15, 0.2) is 0 Å². The zero-order valence-corrected chi connectivity index (χ0v) is 14.8. The molecule has 0 N–H and O–H groups in total. The summed E-state index contributed by atoms with van der Waals surface area (Å²) < 4.78 is 6.24. The predicted octanol–water partition coefficient (Wildman–Crippen LogP) is 5.95. The van der Waals surface area contributed by atoms with Gasteiger partial charge in [-0.3, -0.25) is 0 Å². The molecule has 0 unspecified atom stereocenters. The summed E-state index contributed by atoms with van der Waals surface area (Å²) in [6.45, 7) is 6.25. The summed E-state index contributed by atoms with van der Waals surface area (Å²) in [5.41, 5.74) is 1.55. The molecule has 124 valence electrons. The van der Waals surface area contributed by atoms with Gasteiger partial charge in [0.25, 0.3) is 0 Å². The minimum atomic E-state index is -0.200. The van der Waals surface area contributed by atoms with Crippen molar-refractivity contribution in [3.05, 3.63) is 78.4 Å². The van der Waals surface area contributed by atoms with Gasteiger partial charge in [0.1, 0.15) is 5.76 Å². The highest BCUT2D eigenvalue weighted by Gasteiger charge is 2.11. The van der Waals surface area contributed by atoms with Crippen molar-refractivity contribution in [2.75, 3.05) is 0 Å². The fraction of sp³-hybridized carbons (Fsp3) is 0.174. The topological polar surface area (TPSA) is 25.5 Å². The van der Waals surface area contributed by atoms with Crippen LogP contribution in [0.3, 0.4) is 0 Å². The Labute approximate surface area is 147 Å². The molecule has 4 rings (SSSR count). The molecule has 2 heteroatoms. The third kappa shape index (κ3) is 3.20. The van der Waals surface area contributed by atoms with Crippen molar-refractivity contribution in [2.24, 2.45) is 4.99 Å². The first-order valence-electron chi connectivity index (χ1n) is 8.58. The zero-order chi connectivity index (χ0) is 17.4. The highest BCUT2D eigenvalue weighted by Crippen LogP contribution is 2.26. The summed E-state index contributed by atoms with van der Waals surface area (Å²) in [5.74, 6) is 0.840. The summed E-state index contributed by atoms with van der Waals surface area (Å²) in [5, 5.41) is 4.62. The fourth-order valence-electron chi connectivity index (χ4n) is 3.02. The van der Waals surface area contributed by atoms with Crippen LogP contribution in [0.15, 0.2) is 82.2 Å². The van der Waals surface area contributed by atoms with Gasteiger partial charge in [-0.2, -0.15) is 0 Å². The van der Waals surface area contributed by atoms with Crippen LogP contribution in [0.1, 0.15) is 20.8 Å². The van der Waals surface area contributed by atoms with Gasteiger partial charge in [-0.1, -0.05) is 54.6 Å². The van der Waals surface area contributed by atoms with Crippen LogP contribution in [0.5, 0.6) is 0 Å². The molecular weight excluding hydrogens is 306 g/mol. The SMILES string of the molecule is CC(C)(C)N=c1oc(-c2ccc3ccccc3c2)cc2ccccc12. The first-order valence-corrected chi connectivity index (χ1v) is 8.58. The number of nitrogens with zero attached hydrogens (tertiary/aromatic N) is 1. The van der Waals surface area contributed by atoms with Crippen molar-refractivity contribution in [1.29, 1.82) is 0 Å². The highest BCUT2D eigenvalue weighted by molar-refractivity contribution is 5.88. The molecule has 0 aliphatic rings. The van der Waals surface area contributed by atoms with E-state index in [1.807, 2.05) is 12.1 Å². The second-order valence-electron chi connectivity index (χ2n) is 7.35. The standard InChI is InChI=1S/C23H21NO/c1-23(2,3)24-22-20-11-7-6-10-18(20)15-21(25-22)19-13-12-16-8-4-5-9-17(16)14-19/h4-15H,1-3H3. The van der Waals surface area contributed by atoms with E-state index in [0.29, 0.717) is 5.55 Å². The lowest BCUT2D eigenvalue weighted by Crippen LogP contribution is -2.17. The van der Waals surface area contributed by atoms with Gasteiger partial charge < -0.3 is 4.42 Å². The second kappa shape index (κ2) is 5.89. The van der Waals surface area contributed by atoms with Crippen LogP contribution in [0.25, 0.3) is 32.9 Å². The molecule has 3 aromatic carbocycles. The summed E-state index contributed by atoms with van der Waals surface area (Å²) in [6, 6.07) is 25.1. The van der Waals surface area contributed by atoms with Crippen molar-refractivity contribution in [1.82, 2.24) is 0 Å². The van der Waals surface area contributed by atoms with E-state index in [1.54, 1.807) is 0 Å². The molecule has 4 aromatic rings. The maximum atomic E-state index is 6.24. The van der Waals surface area contributed by atoms with Crippen LogP contribution in [0, 0.1) is 0 Å². The van der Waals surface area contributed by atoms with E-state index < -0.39 is 0 Å². The zero-order valence-electron chi connectivity index (χ0n) is 14.8. The van der Waals surface area contributed by atoms with Gasteiger partial charge >= 0.3 is 0 Å². The molecule has 2 nitrogen and oxygen atoms in total. The Morgan fingerprint density at radius 2 is 1.40 bits per heavy atom. The third-order valence-electron chi connectivity index (χ3n) is 4.16. The number of rotatable bonds is 1. The maximum absolute atomic E-state index is 6.24. The summed E-state index contributed by atoms with van der Waals surface area (Å²) in [7, 11) is 0. The Balaban J connectivity index is 1.99. The average molecular weight is 327 g/mol. The van der Waals surface area contributed by atoms with Gasteiger partial charge in [-0.25, -0.2) is 4.99 Å². The third-order valence-corrected chi connectivity index (χ3v) is 4.16. The highest BCUT2D eigenvalue weighted by atomic mass is 16.3. The lowest BCUT2D eigenvalue weighted by atomic mass is 10.0. The predicted molar refractivity (Wildman–Crippen MR) is 104 cm³/mol. The molecule has 1 heterocycles. The molecule has 0 atom stereocenters. The minimum Gasteiger partial charge on any atom is -0.438 e. The van der Waals surface area contributed by atoms with Gasteiger partial charge in [0.2, 0.25) is 5.55 Å². The fourth-order valence-corrected chi connectivity index (χ4v) is 3.02. The van der Waals surface area contributed by atoms with Crippen LogP contribution in [0.4, 0.5) is 0 Å². The van der Waals surface area contributed by atoms with Crippen molar-refractivity contribution in [3.8, 4) is 11.3 Å². The molecule has 25 heavy (non-hydrogen) atoms. The maximum Gasteiger partial charge on any atom is 0.223 e. The van der Waals surface area contributed by atoms with E-state index >= 15 is 0 Å². The van der Waals surface area contributed by atoms with Gasteiger partial charge in [-0.15, -0.1) is 0 Å². The van der Waals surface area contributed by atoms with E-state index in [1.165, 1.54) is 10.8 Å². The van der Waals surface area contributed by atoms with Crippen LogP contribution < -0.4 is 5.55 Å². The monoisotopic (exact) mass is 327 g/mol. The van der Waals surface area contributed by atoms with Gasteiger partial charge in [-0.05, 0) is 55.1 Å². The largest absolute Gasteiger partial charge is 0.438 e.